The maximum atomic E-state index is 12.2. The summed E-state index contributed by atoms with van der Waals surface area (Å²) in [5, 5.41) is 7.92. The number of unbranched alkanes of at least 4 members (excludes halogenated alkanes) is 1. The molecule has 1 unspecified atom stereocenters. The van der Waals surface area contributed by atoms with Crippen LogP contribution in [0.25, 0.3) is 0 Å². The van der Waals surface area contributed by atoms with Gasteiger partial charge in [0.05, 0.1) is 11.9 Å². The Morgan fingerprint density at radius 1 is 1.52 bits per heavy atom. The van der Waals surface area contributed by atoms with Crippen molar-refractivity contribution < 1.29 is 0 Å². The van der Waals surface area contributed by atoms with Crippen molar-refractivity contribution in [1.82, 2.24) is 9.78 Å². The molecule has 2 rings (SSSR count). The molecule has 0 aliphatic heterocycles. The summed E-state index contributed by atoms with van der Waals surface area (Å²) >= 11 is 6.23. The van der Waals surface area contributed by atoms with E-state index in [1.54, 1.807) is 6.20 Å². The van der Waals surface area contributed by atoms with Crippen LogP contribution in [0.3, 0.4) is 0 Å². The first-order chi connectivity index (χ1) is 9.93. The number of hydrogen-bond donors (Lipinski definition) is 1. The normalized spacial score (nSPS) is 21.2. The zero-order chi connectivity index (χ0) is 15.5. The second-order valence-electron chi connectivity index (χ2n) is 6.86. The van der Waals surface area contributed by atoms with Crippen molar-refractivity contribution in [3.8, 4) is 0 Å². The van der Waals surface area contributed by atoms with Crippen molar-refractivity contribution in [3.05, 3.63) is 21.6 Å². The topological polar surface area (TPSA) is 46.9 Å². The van der Waals surface area contributed by atoms with Crippen molar-refractivity contribution in [2.24, 2.45) is 5.41 Å². The summed E-state index contributed by atoms with van der Waals surface area (Å²) in [5.41, 5.74) is 0.841. The van der Waals surface area contributed by atoms with Crippen molar-refractivity contribution >= 4 is 17.3 Å². The molecule has 1 heterocycles. The number of rotatable bonds is 5. The van der Waals surface area contributed by atoms with E-state index in [-0.39, 0.29) is 10.6 Å². The second-order valence-corrected chi connectivity index (χ2v) is 7.23. The highest BCUT2D eigenvalue weighted by atomic mass is 35.5. The Morgan fingerprint density at radius 2 is 2.29 bits per heavy atom. The first-order valence-corrected chi connectivity index (χ1v) is 8.33. The number of anilines is 1. The Kier molecular flexibility index (Phi) is 5.31. The predicted octanol–water partition coefficient (Wildman–Crippen LogP) is 4.08. The molecule has 1 aromatic heterocycles. The van der Waals surface area contributed by atoms with E-state index in [0.29, 0.717) is 23.7 Å². The Morgan fingerprint density at radius 3 is 2.95 bits per heavy atom. The number of nitrogens with one attached hydrogen (secondary N) is 1. The predicted molar refractivity (Wildman–Crippen MR) is 88.1 cm³/mol. The average molecular weight is 312 g/mol. The third kappa shape index (κ3) is 4.22. The van der Waals surface area contributed by atoms with Gasteiger partial charge in [0, 0.05) is 12.6 Å². The molecule has 0 amide bonds. The molecule has 118 valence electrons. The summed E-state index contributed by atoms with van der Waals surface area (Å²) in [6.07, 6.45) is 8.36. The Bertz CT molecular complexity index is 539. The molecule has 0 spiro atoms. The van der Waals surface area contributed by atoms with Gasteiger partial charge in [0.2, 0.25) is 0 Å². The van der Waals surface area contributed by atoms with Crippen molar-refractivity contribution in [2.45, 2.75) is 71.9 Å². The van der Waals surface area contributed by atoms with E-state index in [2.05, 4.69) is 31.2 Å². The molecule has 0 saturated heterocycles. The Balaban J connectivity index is 2.10. The van der Waals surface area contributed by atoms with Crippen LogP contribution < -0.4 is 10.9 Å². The molecule has 0 radical (unpaired) electrons. The minimum Gasteiger partial charge on any atom is -0.380 e. The molecule has 1 saturated carbocycles. The molecule has 1 atom stereocenters. The quantitative estimate of drug-likeness (QED) is 0.891. The zero-order valence-electron chi connectivity index (χ0n) is 13.3. The van der Waals surface area contributed by atoms with Crippen molar-refractivity contribution in [1.29, 1.82) is 0 Å². The number of hydrogen-bond acceptors (Lipinski definition) is 3. The lowest BCUT2D eigenvalue weighted by Gasteiger charge is -2.36. The van der Waals surface area contributed by atoms with Gasteiger partial charge in [-0.2, -0.15) is 5.10 Å². The highest BCUT2D eigenvalue weighted by molar-refractivity contribution is 6.32. The number of halogens is 1. The van der Waals surface area contributed by atoms with Crippen LogP contribution in [-0.2, 0) is 6.54 Å². The third-order valence-corrected chi connectivity index (χ3v) is 4.64. The molecule has 1 aromatic rings. The van der Waals surface area contributed by atoms with Gasteiger partial charge in [-0.25, -0.2) is 4.68 Å². The van der Waals surface area contributed by atoms with Crippen LogP contribution in [0.1, 0.15) is 59.3 Å². The number of aryl methyl sites for hydroxylation is 1. The van der Waals surface area contributed by atoms with Gasteiger partial charge in [-0.15, -0.1) is 0 Å². The van der Waals surface area contributed by atoms with Crippen LogP contribution in [0, 0.1) is 5.41 Å². The molecule has 21 heavy (non-hydrogen) atoms. The molecule has 1 N–H and O–H groups in total. The fourth-order valence-corrected chi connectivity index (χ4v) is 3.28. The Hall–Kier alpha value is -1.03. The van der Waals surface area contributed by atoms with E-state index >= 15 is 0 Å². The van der Waals surface area contributed by atoms with Gasteiger partial charge in [0.25, 0.3) is 5.56 Å². The minimum atomic E-state index is -0.190. The molecule has 1 fully saturated rings. The summed E-state index contributed by atoms with van der Waals surface area (Å²) in [6, 6.07) is 0.374. The molecule has 5 heteroatoms. The van der Waals surface area contributed by atoms with Gasteiger partial charge >= 0.3 is 0 Å². The van der Waals surface area contributed by atoms with Gasteiger partial charge in [0.1, 0.15) is 5.02 Å². The monoisotopic (exact) mass is 311 g/mol. The lowest BCUT2D eigenvalue weighted by Crippen LogP contribution is -2.33. The van der Waals surface area contributed by atoms with Crippen LogP contribution in [0.5, 0.6) is 0 Å². The smallest absolute Gasteiger partial charge is 0.287 e. The molecule has 4 nitrogen and oxygen atoms in total. The van der Waals surface area contributed by atoms with Crippen LogP contribution in [-0.4, -0.2) is 15.8 Å². The zero-order valence-corrected chi connectivity index (χ0v) is 14.0. The molecule has 1 aliphatic rings. The van der Waals surface area contributed by atoms with E-state index in [0.717, 1.165) is 25.7 Å². The van der Waals surface area contributed by atoms with Gasteiger partial charge in [0.15, 0.2) is 0 Å². The standard InChI is InChI=1S/C16H26ClN3O/c1-4-5-9-20-15(21)14(17)13(11-18-20)19-12-7-6-8-16(2,3)10-12/h11-12,19H,4-10H2,1-3H3. The van der Waals surface area contributed by atoms with Crippen LogP contribution in [0.15, 0.2) is 11.0 Å². The summed E-state index contributed by atoms with van der Waals surface area (Å²) in [4.78, 5) is 12.2. The summed E-state index contributed by atoms with van der Waals surface area (Å²) in [5.74, 6) is 0. The first-order valence-electron chi connectivity index (χ1n) is 7.95. The lowest BCUT2D eigenvalue weighted by molar-refractivity contribution is 0.229. The largest absolute Gasteiger partial charge is 0.380 e. The van der Waals surface area contributed by atoms with Gasteiger partial charge < -0.3 is 5.32 Å². The van der Waals surface area contributed by atoms with E-state index in [9.17, 15) is 4.79 Å². The van der Waals surface area contributed by atoms with E-state index in [1.165, 1.54) is 17.5 Å². The lowest BCUT2D eigenvalue weighted by atomic mass is 9.75. The molecular formula is C16H26ClN3O. The van der Waals surface area contributed by atoms with E-state index in [4.69, 9.17) is 11.6 Å². The maximum Gasteiger partial charge on any atom is 0.287 e. The van der Waals surface area contributed by atoms with Crippen LogP contribution in [0.2, 0.25) is 5.02 Å². The molecule has 0 aromatic carbocycles. The summed E-state index contributed by atoms with van der Waals surface area (Å²) < 4.78 is 1.46. The Labute approximate surface area is 131 Å². The summed E-state index contributed by atoms with van der Waals surface area (Å²) in [7, 11) is 0. The first kappa shape index (κ1) is 16.3. The summed E-state index contributed by atoms with van der Waals surface area (Å²) in [6.45, 7) is 7.31. The van der Waals surface area contributed by atoms with Gasteiger partial charge in [-0.05, 0) is 31.1 Å². The maximum absolute atomic E-state index is 12.2. The fraction of sp³-hybridized carbons (Fsp3) is 0.750. The van der Waals surface area contributed by atoms with Crippen molar-refractivity contribution in [3.63, 3.8) is 0 Å². The SMILES string of the molecule is CCCCn1ncc(NC2CCCC(C)(C)C2)c(Cl)c1=O. The minimum absolute atomic E-state index is 0.190. The molecular weight excluding hydrogens is 286 g/mol. The number of aromatic nitrogens is 2. The van der Waals surface area contributed by atoms with E-state index in [1.807, 2.05) is 0 Å². The van der Waals surface area contributed by atoms with Crippen molar-refractivity contribution in [2.75, 3.05) is 5.32 Å². The van der Waals surface area contributed by atoms with E-state index < -0.39 is 0 Å². The van der Waals surface area contributed by atoms with Crippen LogP contribution >= 0.6 is 11.6 Å². The fourth-order valence-electron chi connectivity index (χ4n) is 3.07. The molecule has 1 aliphatic carbocycles. The highest BCUT2D eigenvalue weighted by Gasteiger charge is 2.28. The van der Waals surface area contributed by atoms with Gasteiger partial charge in [-0.3, -0.25) is 4.79 Å². The third-order valence-electron chi connectivity index (χ3n) is 4.27. The highest BCUT2D eigenvalue weighted by Crippen LogP contribution is 2.36. The number of nitrogens with zero attached hydrogens (tertiary/aromatic N) is 2. The molecule has 0 bridgehead atoms. The van der Waals surface area contributed by atoms with Gasteiger partial charge in [-0.1, -0.05) is 45.2 Å². The average Bonchev–Trinajstić information content (AvgIpc) is 2.42. The van der Waals surface area contributed by atoms with Crippen LogP contribution in [0.4, 0.5) is 5.69 Å². The second kappa shape index (κ2) is 6.82.